The molecule has 0 unspecified atom stereocenters. The topological polar surface area (TPSA) is 106 Å². The molecule has 0 saturated carbocycles. The van der Waals surface area contributed by atoms with Gasteiger partial charge in [-0.05, 0) is 30.3 Å². The number of aromatic nitrogens is 3. The molecular weight excluding hydrogens is 444 g/mol. The molecule has 0 radical (unpaired) electrons. The third-order valence-electron chi connectivity index (χ3n) is 5.40. The lowest BCUT2D eigenvalue weighted by atomic mass is 10.1. The molecule has 0 bridgehead atoms. The summed E-state index contributed by atoms with van der Waals surface area (Å²) in [6.07, 6.45) is 1.59. The Hall–Kier alpha value is -3.82. The number of nitro benzene ring substituents is 1. The normalized spacial score (nSPS) is 13.8. The second-order valence-electron chi connectivity index (χ2n) is 7.47. The smallest absolute Gasteiger partial charge is 0.270 e. The fraction of sp³-hybridized carbons (Fsp3) is 0.174. The van der Waals surface area contributed by atoms with Crippen molar-refractivity contribution < 1.29 is 9.66 Å². The zero-order valence-electron chi connectivity index (χ0n) is 17.4. The van der Waals surface area contributed by atoms with Crippen molar-refractivity contribution in [3.63, 3.8) is 0 Å². The number of halogens is 1. The van der Waals surface area contributed by atoms with Crippen LogP contribution >= 0.6 is 11.6 Å². The summed E-state index contributed by atoms with van der Waals surface area (Å²) in [7, 11) is 0. The first kappa shape index (κ1) is 21.0. The first-order valence-corrected chi connectivity index (χ1v) is 10.7. The predicted molar refractivity (Wildman–Crippen MR) is 127 cm³/mol. The van der Waals surface area contributed by atoms with Crippen LogP contribution in [-0.4, -0.2) is 46.2 Å². The molecule has 1 fully saturated rings. The number of ether oxygens (including phenoxy) is 1. The molecule has 10 heteroatoms. The van der Waals surface area contributed by atoms with Crippen molar-refractivity contribution in [3.8, 4) is 11.3 Å². The van der Waals surface area contributed by atoms with Crippen LogP contribution in [0.2, 0.25) is 5.15 Å². The van der Waals surface area contributed by atoms with E-state index in [4.69, 9.17) is 16.3 Å². The van der Waals surface area contributed by atoms with Gasteiger partial charge >= 0.3 is 0 Å². The maximum absolute atomic E-state index is 11.2. The fourth-order valence-electron chi connectivity index (χ4n) is 3.76. The highest BCUT2D eigenvalue weighted by molar-refractivity contribution is 6.34. The van der Waals surface area contributed by atoms with Crippen LogP contribution in [0.15, 0.2) is 60.8 Å². The van der Waals surface area contributed by atoms with E-state index in [2.05, 4.69) is 25.2 Å². The van der Waals surface area contributed by atoms with Gasteiger partial charge in [-0.2, -0.15) is 0 Å². The van der Waals surface area contributed by atoms with Crippen LogP contribution in [0.5, 0.6) is 0 Å². The lowest BCUT2D eigenvalue weighted by molar-refractivity contribution is -0.384. The van der Waals surface area contributed by atoms with Gasteiger partial charge in [-0.15, -0.1) is 0 Å². The zero-order valence-corrected chi connectivity index (χ0v) is 18.2. The van der Waals surface area contributed by atoms with Crippen molar-refractivity contribution >= 4 is 45.5 Å². The molecular formula is C23H19ClN6O3. The van der Waals surface area contributed by atoms with E-state index in [9.17, 15) is 10.1 Å². The van der Waals surface area contributed by atoms with E-state index in [1.807, 2.05) is 24.3 Å². The Balaban J connectivity index is 1.48. The third-order valence-corrected chi connectivity index (χ3v) is 5.69. The number of rotatable bonds is 5. The summed E-state index contributed by atoms with van der Waals surface area (Å²) < 4.78 is 5.41. The van der Waals surface area contributed by atoms with E-state index < -0.39 is 4.92 Å². The van der Waals surface area contributed by atoms with Crippen LogP contribution in [0.25, 0.3) is 22.2 Å². The van der Waals surface area contributed by atoms with Gasteiger partial charge in [-0.3, -0.25) is 15.1 Å². The second kappa shape index (κ2) is 8.97. The molecule has 0 aliphatic carbocycles. The summed E-state index contributed by atoms with van der Waals surface area (Å²) in [4.78, 5) is 26.4. The average Bonchev–Trinajstić information content (AvgIpc) is 2.85. The maximum atomic E-state index is 11.2. The van der Waals surface area contributed by atoms with Crippen LogP contribution in [-0.2, 0) is 4.74 Å². The molecule has 0 spiro atoms. The van der Waals surface area contributed by atoms with E-state index in [0.717, 1.165) is 37.7 Å². The minimum Gasteiger partial charge on any atom is -0.378 e. The van der Waals surface area contributed by atoms with Crippen LogP contribution < -0.4 is 10.2 Å². The number of anilines is 3. The highest BCUT2D eigenvalue weighted by Crippen LogP contribution is 2.31. The number of nitro groups is 1. The number of morpholine rings is 1. The fourth-order valence-corrected chi connectivity index (χ4v) is 3.99. The maximum Gasteiger partial charge on any atom is 0.270 e. The number of fused-ring (bicyclic) bond motifs is 1. The first-order chi connectivity index (χ1) is 16.1. The van der Waals surface area contributed by atoms with Crippen molar-refractivity contribution in [1.29, 1.82) is 0 Å². The molecule has 3 heterocycles. The molecule has 2 aromatic carbocycles. The quantitative estimate of drug-likeness (QED) is 0.255. The minimum absolute atomic E-state index is 0.0230. The van der Waals surface area contributed by atoms with Gasteiger partial charge in [0, 0.05) is 53.7 Å². The van der Waals surface area contributed by atoms with Crippen molar-refractivity contribution in [2.24, 2.45) is 0 Å². The Morgan fingerprint density at radius 2 is 1.85 bits per heavy atom. The van der Waals surface area contributed by atoms with Crippen molar-refractivity contribution in [2.75, 3.05) is 36.5 Å². The lowest BCUT2D eigenvalue weighted by Gasteiger charge is -2.28. The molecule has 166 valence electrons. The molecule has 0 atom stereocenters. The summed E-state index contributed by atoms with van der Waals surface area (Å²) in [5, 5.41) is 15.3. The predicted octanol–water partition coefficient (Wildman–Crippen LogP) is 4.83. The van der Waals surface area contributed by atoms with Crippen molar-refractivity contribution in [3.05, 3.63) is 76.1 Å². The van der Waals surface area contributed by atoms with Crippen LogP contribution in [0, 0.1) is 10.1 Å². The largest absolute Gasteiger partial charge is 0.378 e. The van der Waals surface area contributed by atoms with Gasteiger partial charge in [0.15, 0.2) is 0 Å². The molecule has 1 aliphatic rings. The third kappa shape index (κ3) is 4.41. The average molecular weight is 463 g/mol. The molecule has 1 N–H and O–H groups in total. The van der Waals surface area contributed by atoms with Crippen LogP contribution in [0.3, 0.4) is 0 Å². The van der Waals surface area contributed by atoms with E-state index in [1.165, 1.54) is 12.1 Å². The Morgan fingerprint density at radius 1 is 1.06 bits per heavy atom. The number of hydrogen-bond acceptors (Lipinski definition) is 8. The van der Waals surface area contributed by atoms with Gasteiger partial charge in [-0.25, -0.2) is 9.97 Å². The highest BCUT2D eigenvalue weighted by atomic mass is 35.5. The van der Waals surface area contributed by atoms with Gasteiger partial charge in [0.2, 0.25) is 5.95 Å². The molecule has 1 saturated heterocycles. The van der Waals surface area contributed by atoms with Crippen LogP contribution in [0.1, 0.15) is 0 Å². The van der Waals surface area contributed by atoms with Crippen molar-refractivity contribution in [2.45, 2.75) is 0 Å². The number of nitrogens with one attached hydrogen (secondary N) is 1. The zero-order chi connectivity index (χ0) is 22.8. The molecule has 9 nitrogen and oxygen atoms in total. The highest BCUT2D eigenvalue weighted by Gasteiger charge is 2.15. The Bertz CT molecular complexity index is 1330. The summed E-state index contributed by atoms with van der Waals surface area (Å²) in [5.41, 5.74) is 3.48. The first-order valence-electron chi connectivity index (χ1n) is 10.4. The number of benzene rings is 2. The standard InChI is InChI=1S/C23H19ClN6O3/c24-22-19-8-9-25-20(15-2-1-3-18(14-15)30(31)32)21(19)27-23(28-22)26-16-4-6-17(7-5-16)29-10-12-33-13-11-29/h1-9,14H,10-13H2,(H,26,27,28). The summed E-state index contributed by atoms with van der Waals surface area (Å²) in [6, 6.07) is 16.0. The number of pyridine rings is 1. The van der Waals surface area contributed by atoms with Crippen LogP contribution in [0.4, 0.5) is 23.0 Å². The van der Waals surface area contributed by atoms with Crippen molar-refractivity contribution in [1.82, 2.24) is 15.0 Å². The van der Waals surface area contributed by atoms with E-state index in [0.29, 0.717) is 28.1 Å². The molecule has 1 aliphatic heterocycles. The van der Waals surface area contributed by atoms with E-state index in [1.54, 1.807) is 24.4 Å². The Labute approximate surface area is 194 Å². The van der Waals surface area contributed by atoms with E-state index >= 15 is 0 Å². The number of non-ortho nitro benzene ring substituents is 1. The molecule has 4 aromatic rings. The molecule has 0 amide bonds. The van der Waals surface area contributed by atoms with Gasteiger partial charge < -0.3 is 15.0 Å². The van der Waals surface area contributed by atoms with Gasteiger partial charge in [0.1, 0.15) is 10.7 Å². The minimum atomic E-state index is -0.440. The number of nitrogens with zero attached hydrogens (tertiary/aromatic N) is 5. The number of hydrogen-bond donors (Lipinski definition) is 1. The Kier molecular flexibility index (Phi) is 5.72. The molecule has 2 aromatic heterocycles. The monoisotopic (exact) mass is 462 g/mol. The summed E-state index contributed by atoms with van der Waals surface area (Å²) in [6.45, 7) is 3.18. The summed E-state index contributed by atoms with van der Waals surface area (Å²) in [5.74, 6) is 0.311. The van der Waals surface area contributed by atoms with E-state index in [-0.39, 0.29) is 10.8 Å². The van der Waals surface area contributed by atoms with Gasteiger partial charge in [-0.1, -0.05) is 23.7 Å². The summed E-state index contributed by atoms with van der Waals surface area (Å²) >= 11 is 6.45. The SMILES string of the molecule is O=[N+]([O-])c1cccc(-c2nccc3c(Cl)nc(Nc4ccc(N5CCOCC5)cc4)nc23)c1. The molecule has 33 heavy (non-hydrogen) atoms. The lowest BCUT2D eigenvalue weighted by Crippen LogP contribution is -2.36. The van der Waals surface area contributed by atoms with Gasteiger partial charge in [0.05, 0.1) is 23.8 Å². The Morgan fingerprint density at radius 3 is 2.61 bits per heavy atom. The molecule has 5 rings (SSSR count). The second-order valence-corrected chi connectivity index (χ2v) is 7.83. The van der Waals surface area contributed by atoms with Gasteiger partial charge in [0.25, 0.3) is 5.69 Å².